The summed E-state index contributed by atoms with van der Waals surface area (Å²) < 4.78 is 45.9. The van der Waals surface area contributed by atoms with Gasteiger partial charge in [-0.1, -0.05) is 0 Å². The second-order valence-electron chi connectivity index (χ2n) is 4.69. The molecule has 1 aliphatic rings. The molecule has 2 rings (SSSR count). The summed E-state index contributed by atoms with van der Waals surface area (Å²) in [4.78, 5) is 0. The Morgan fingerprint density at radius 3 is 2.29 bits per heavy atom. The molecule has 0 aliphatic heterocycles. The Morgan fingerprint density at radius 2 is 1.76 bits per heavy atom. The van der Waals surface area contributed by atoms with Gasteiger partial charge in [-0.3, -0.25) is 4.74 Å². The van der Waals surface area contributed by atoms with E-state index >= 15 is 0 Å². The molecule has 8 heteroatoms. The average molecular weight is 433 g/mol. The summed E-state index contributed by atoms with van der Waals surface area (Å²) in [5, 5.41) is 3.39. The topological polar surface area (TPSA) is 30.5 Å². The SMILES string of the molecule is FC(F)(F)OCCOc1c(Br)cc(CNC2CC2)cc1Br. The van der Waals surface area contributed by atoms with Gasteiger partial charge in [0.05, 0.1) is 15.6 Å². The summed E-state index contributed by atoms with van der Waals surface area (Å²) in [6.07, 6.45) is -2.21. The first-order valence-corrected chi connectivity index (χ1v) is 7.98. The molecule has 0 amide bonds. The predicted molar refractivity (Wildman–Crippen MR) is 79.2 cm³/mol. The Morgan fingerprint density at radius 1 is 1.14 bits per heavy atom. The van der Waals surface area contributed by atoms with Gasteiger partial charge in [-0.25, -0.2) is 0 Å². The molecule has 1 saturated carbocycles. The Bertz CT molecular complexity index is 470. The zero-order valence-electron chi connectivity index (χ0n) is 11.0. The summed E-state index contributed by atoms with van der Waals surface area (Å²) in [7, 11) is 0. The summed E-state index contributed by atoms with van der Waals surface area (Å²) >= 11 is 6.73. The Labute approximate surface area is 137 Å². The molecular formula is C13H14Br2F3NO2. The van der Waals surface area contributed by atoms with Crippen LogP contribution in [0.1, 0.15) is 18.4 Å². The standard InChI is InChI=1S/C13H14Br2F3NO2/c14-10-5-8(7-19-9-1-2-9)6-11(15)12(10)20-3-4-21-13(16,17)18/h5-6,9,19H,1-4,7H2. The smallest absolute Gasteiger partial charge is 0.489 e. The fourth-order valence-electron chi connectivity index (χ4n) is 1.70. The maximum absolute atomic E-state index is 11.8. The maximum Gasteiger partial charge on any atom is 0.522 e. The van der Waals surface area contributed by atoms with E-state index in [0.29, 0.717) is 20.7 Å². The molecule has 118 valence electrons. The minimum atomic E-state index is -4.63. The van der Waals surface area contributed by atoms with E-state index in [1.165, 1.54) is 12.8 Å². The fourth-order valence-corrected chi connectivity index (χ4v) is 3.21. The zero-order valence-corrected chi connectivity index (χ0v) is 14.1. The summed E-state index contributed by atoms with van der Waals surface area (Å²) in [5.41, 5.74) is 1.07. The van der Waals surface area contributed by atoms with Gasteiger partial charge in [0, 0.05) is 12.6 Å². The van der Waals surface area contributed by atoms with E-state index in [4.69, 9.17) is 4.74 Å². The van der Waals surface area contributed by atoms with Crippen molar-refractivity contribution in [1.29, 1.82) is 0 Å². The van der Waals surface area contributed by atoms with E-state index < -0.39 is 13.0 Å². The van der Waals surface area contributed by atoms with Crippen LogP contribution in [0.2, 0.25) is 0 Å². The van der Waals surface area contributed by atoms with Gasteiger partial charge in [-0.05, 0) is 62.4 Å². The third-order valence-corrected chi connectivity index (χ3v) is 4.00. The summed E-state index contributed by atoms with van der Waals surface area (Å²) in [6.45, 7) is 0.0169. The normalized spacial score (nSPS) is 15.3. The average Bonchev–Trinajstić information content (AvgIpc) is 3.17. The molecule has 0 radical (unpaired) electrons. The highest BCUT2D eigenvalue weighted by Crippen LogP contribution is 2.35. The van der Waals surface area contributed by atoms with E-state index in [1.807, 2.05) is 12.1 Å². The lowest BCUT2D eigenvalue weighted by Gasteiger charge is -2.13. The fraction of sp³-hybridized carbons (Fsp3) is 0.538. The third kappa shape index (κ3) is 6.14. The first kappa shape index (κ1) is 17.1. The minimum Gasteiger partial charge on any atom is -0.489 e. The lowest BCUT2D eigenvalue weighted by Crippen LogP contribution is -2.18. The van der Waals surface area contributed by atoms with Crippen LogP contribution in [0.15, 0.2) is 21.1 Å². The number of rotatable bonds is 7. The first-order chi connectivity index (χ1) is 9.85. The van der Waals surface area contributed by atoms with Gasteiger partial charge in [0.15, 0.2) is 0 Å². The molecule has 0 saturated heterocycles. The molecule has 1 N–H and O–H groups in total. The predicted octanol–water partition coefficient (Wildman–Crippen LogP) is 4.38. The molecule has 0 aromatic heterocycles. The molecule has 0 heterocycles. The summed E-state index contributed by atoms with van der Waals surface area (Å²) in [5.74, 6) is 0.468. The Balaban J connectivity index is 1.86. The van der Waals surface area contributed by atoms with Crippen molar-refractivity contribution in [2.75, 3.05) is 13.2 Å². The lowest BCUT2D eigenvalue weighted by atomic mass is 10.2. The van der Waals surface area contributed by atoms with E-state index in [-0.39, 0.29) is 6.61 Å². The highest BCUT2D eigenvalue weighted by Gasteiger charge is 2.28. The zero-order chi connectivity index (χ0) is 15.5. The number of hydrogen-bond acceptors (Lipinski definition) is 3. The molecule has 21 heavy (non-hydrogen) atoms. The first-order valence-electron chi connectivity index (χ1n) is 6.40. The van der Waals surface area contributed by atoms with Crippen molar-refractivity contribution in [1.82, 2.24) is 5.32 Å². The van der Waals surface area contributed by atoms with Crippen molar-refractivity contribution in [3.63, 3.8) is 0 Å². The van der Waals surface area contributed by atoms with Crippen molar-refractivity contribution < 1.29 is 22.6 Å². The van der Waals surface area contributed by atoms with Crippen LogP contribution >= 0.6 is 31.9 Å². The minimum absolute atomic E-state index is 0.184. The van der Waals surface area contributed by atoms with Gasteiger partial charge < -0.3 is 10.1 Å². The maximum atomic E-state index is 11.8. The number of hydrogen-bond donors (Lipinski definition) is 1. The van der Waals surface area contributed by atoms with E-state index in [2.05, 4.69) is 41.9 Å². The van der Waals surface area contributed by atoms with Crippen LogP contribution in [0.4, 0.5) is 13.2 Å². The van der Waals surface area contributed by atoms with Crippen LogP contribution in [0.25, 0.3) is 0 Å². The second-order valence-corrected chi connectivity index (χ2v) is 6.40. The Kier molecular flexibility index (Phi) is 5.93. The molecule has 0 unspecified atom stereocenters. The lowest BCUT2D eigenvalue weighted by molar-refractivity contribution is -0.325. The largest absolute Gasteiger partial charge is 0.522 e. The highest BCUT2D eigenvalue weighted by atomic mass is 79.9. The van der Waals surface area contributed by atoms with Crippen molar-refractivity contribution in [2.24, 2.45) is 0 Å². The van der Waals surface area contributed by atoms with E-state index in [1.54, 1.807) is 0 Å². The molecule has 1 fully saturated rings. The van der Waals surface area contributed by atoms with Crippen molar-refractivity contribution in [2.45, 2.75) is 31.8 Å². The van der Waals surface area contributed by atoms with Crippen LogP contribution in [0, 0.1) is 0 Å². The molecule has 3 nitrogen and oxygen atoms in total. The molecule has 1 aliphatic carbocycles. The van der Waals surface area contributed by atoms with Gasteiger partial charge in [0.2, 0.25) is 0 Å². The van der Waals surface area contributed by atoms with Crippen LogP contribution in [-0.2, 0) is 11.3 Å². The number of alkyl halides is 3. The van der Waals surface area contributed by atoms with Gasteiger partial charge in [0.25, 0.3) is 0 Å². The molecule has 0 atom stereocenters. The van der Waals surface area contributed by atoms with Crippen molar-refractivity contribution in [3.8, 4) is 5.75 Å². The van der Waals surface area contributed by atoms with Crippen LogP contribution in [0.3, 0.4) is 0 Å². The molecular weight excluding hydrogens is 419 g/mol. The van der Waals surface area contributed by atoms with Gasteiger partial charge in [0.1, 0.15) is 12.4 Å². The van der Waals surface area contributed by atoms with Gasteiger partial charge in [-0.15, -0.1) is 13.2 Å². The van der Waals surface area contributed by atoms with Crippen LogP contribution < -0.4 is 10.1 Å². The molecule has 1 aromatic rings. The number of benzene rings is 1. The second kappa shape index (κ2) is 7.30. The Hall–Kier alpha value is -0.310. The third-order valence-electron chi connectivity index (χ3n) is 2.83. The van der Waals surface area contributed by atoms with E-state index in [9.17, 15) is 13.2 Å². The quantitative estimate of drug-likeness (QED) is 0.648. The molecule has 0 spiro atoms. The van der Waals surface area contributed by atoms with E-state index in [0.717, 1.165) is 12.1 Å². The number of ether oxygens (including phenoxy) is 2. The van der Waals surface area contributed by atoms with Gasteiger partial charge >= 0.3 is 6.36 Å². The summed E-state index contributed by atoms with van der Waals surface area (Å²) in [6, 6.07) is 4.39. The van der Waals surface area contributed by atoms with Crippen molar-refractivity contribution in [3.05, 3.63) is 26.6 Å². The molecule has 1 aromatic carbocycles. The van der Waals surface area contributed by atoms with Crippen LogP contribution in [-0.4, -0.2) is 25.6 Å². The highest BCUT2D eigenvalue weighted by molar-refractivity contribution is 9.11. The molecule has 0 bridgehead atoms. The van der Waals surface area contributed by atoms with Crippen LogP contribution in [0.5, 0.6) is 5.75 Å². The number of nitrogens with one attached hydrogen (secondary N) is 1. The van der Waals surface area contributed by atoms with Gasteiger partial charge in [-0.2, -0.15) is 0 Å². The van der Waals surface area contributed by atoms with Crippen molar-refractivity contribution >= 4 is 31.9 Å². The number of halogens is 5. The monoisotopic (exact) mass is 431 g/mol.